The third-order valence-corrected chi connectivity index (χ3v) is 3.91. The first-order valence-corrected chi connectivity index (χ1v) is 8.04. The summed E-state index contributed by atoms with van der Waals surface area (Å²) in [7, 11) is 0. The molecule has 130 valence electrons. The summed E-state index contributed by atoms with van der Waals surface area (Å²) in [5, 5.41) is 16.8. The van der Waals surface area contributed by atoms with Gasteiger partial charge in [0.15, 0.2) is 0 Å². The van der Waals surface area contributed by atoms with Crippen LogP contribution in [0, 0.1) is 17.1 Å². The highest BCUT2D eigenvalue weighted by Gasteiger charge is 2.26. The van der Waals surface area contributed by atoms with Crippen molar-refractivity contribution < 1.29 is 13.9 Å². The summed E-state index contributed by atoms with van der Waals surface area (Å²) in [6.07, 6.45) is 2.31. The molecule has 0 atom stereocenters. The highest BCUT2D eigenvalue weighted by atomic mass is 19.1. The molecule has 0 saturated heterocycles. The summed E-state index contributed by atoms with van der Waals surface area (Å²) >= 11 is 0. The molecule has 0 fully saturated rings. The molecular formula is C18H19FN4O2. The van der Waals surface area contributed by atoms with E-state index in [2.05, 4.69) is 10.2 Å². The fourth-order valence-corrected chi connectivity index (χ4v) is 2.81. The van der Waals surface area contributed by atoms with E-state index in [0.29, 0.717) is 36.1 Å². The minimum atomic E-state index is -0.585. The zero-order valence-electron chi connectivity index (χ0n) is 14.4. The molecule has 6 nitrogen and oxygen atoms in total. The topological polar surface area (TPSA) is 82.0 Å². The number of benzene rings is 1. The summed E-state index contributed by atoms with van der Waals surface area (Å²) in [5.41, 5.74) is 1.22. The number of fused-ring (bicyclic) bond motifs is 1. The number of carbonyl (C=O) groups is 1. The molecule has 1 aromatic carbocycles. The molecular weight excluding hydrogens is 323 g/mol. The van der Waals surface area contributed by atoms with Crippen LogP contribution >= 0.6 is 0 Å². The average molecular weight is 342 g/mol. The van der Waals surface area contributed by atoms with E-state index in [-0.39, 0.29) is 11.7 Å². The van der Waals surface area contributed by atoms with Crippen molar-refractivity contribution in [3.8, 4) is 6.07 Å². The highest BCUT2D eigenvalue weighted by molar-refractivity contribution is 5.94. The van der Waals surface area contributed by atoms with Crippen molar-refractivity contribution >= 4 is 22.6 Å². The highest BCUT2D eigenvalue weighted by Crippen LogP contribution is 2.29. The first-order valence-electron chi connectivity index (χ1n) is 8.04. The van der Waals surface area contributed by atoms with Crippen LogP contribution in [-0.4, -0.2) is 39.9 Å². The van der Waals surface area contributed by atoms with Gasteiger partial charge in [0.1, 0.15) is 23.1 Å². The quantitative estimate of drug-likeness (QED) is 0.858. The minimum absolute atomic E-state index is 0.0587. The molecule has 1 aliphatic heterocycles. The molecule has 0 saturated carbocycles. The second kappa shape index (κ2) is 6.20. The Bertz CT molecular complexity index is 902. The Balaban J connectivity index is 1.90. The van der Waals surface area contributed by atoms with Gasteiger partial charge in [-0.1, -0.05) is 6.08 Å². The van der Waals surface area contributed by atoms with Crippen LogP contribution in [0.3, 0.4) is 0 Å². The lowest BCUT2D eigenvalue weighted by molar-refractivity contribution is 0.0273. The number of H-pyrrole nitrogens is 1. The van der Waals surface area contributed by atoms with E-state index in [4.69, 9.17) is 10.00 Å². The molecule has 0 aliphatic carbocycles. The van der Waals surface area contributed by atoms with Crippen molar-refractivity contribution in [2.45, 2.75) is 32.8 Å². The number of aromatic amines is 1. The molecule has 1 aliphatic rings. The Kier molecular flexibility index (Phi) is 4.21. The summed E-state index contributed by atoms with van der Waals surface area (Å²) < 4.78 is 19.2. The zero-order chi connectivity index (χ0) is 18.2. The van der Waals surface area contributed by atoms with Crippen molar-refractivity contribution in [2.24, 2.45) is 0 Å². The molecule has 0 unspecified atom stereocenters. The maximum absolute atomic E-state index is 13.7. The second-order valence-corrected chi connectivity index (χ2v) is 6.95. The SMILES string of the molecule is CC(C)(C)OC(=O)N1CCC=C(c2n[nH]c3c(C#N)c(F)ccc23)C1. The first kappa shape index (κ1) is 17.0. The van der Waals surface area contributed by atoms with E-state index in [1.165, 1.54) is 6.07 Å². The monoisotopic (exact) mass is 342 g/mol. The number of hydrogen-bond donors (Lipinski definition) is 1. The number of aromatic nitrogens is 2. The lowest BCUT2D eigenvalue weighted by Crippen LogP contribution is -2.39. The standard InChI is InChI=1S/C18H19FN4O2/c1-18(2,3)25-17(24)23-8-4-5-11(10-23)15-12-6-7-14(19)13(9-20)16(12)22-21-15/h5-7H,4,8,10H2,1-3H3,(H,21,22). The van der Waals surface area contributed by atoms with E-state index in [1.807, 2.05) is 32.9 Å². The number of nitriles is 1. The second-order valence-electron chi connectivity index (χ2n) is 6.95. The van der Waals surface area contributed by atoms with Crippen molar-refractivity contribution in [1.29, 1.82) is 5.26 Å². The van der Waals surface area contributed by atoms with Gasteiger partial charge in [-0.05, 0) is 44.9 Å². The number of ether oxygens (including phenoxy) is 1. The maximum Gasteiger partial charge on any atom is 0.410 e. The van der Waals surface area contributed by atoms with Gasteiger partial charge in [-0.25, -0.2) is 9.18 Å². The molecule has 2 aromatic rings. The normalized spacial score (nSPS) is 15.0. The predicted octanol–water partition coefficient (Wildman–Crippen LogP) is 3.60. The number of amides is 1. The van der Waals surface area contributed by atoms with Crippen LogP contribution in [0.25, 0.3) is 16.5 Å². The molecule has 1 aromatic heterocycles. The molecule has 0 radical (unpaired) electrons. The molecule has 0 bridgehead atoms. The molecule has 3 rings (SSSR count). The fraction of sp³-hybridized carbons (Fsp3) is 0.389. The number of rotatable bonds is 1. The van der Waals surface area contributed by atoms with E-state index >= 15 is 0 Å². The average Bonchev–Trinajstić information content (AvgIpc) is 2.97. The van der Waals surface area contributed by atoms with Crippen LogP contribution < -0.4 is 0 Å². The van der Waals surface area contributed by atoms with Crippen molar-refractivity contribution in [3.05, 3.63) is 35.3 Å². The van der Waals surface area contributed by atoms with Crippen LogP contribution in [0.15, 0.2) is 18.2 Å². The third-order valence-electron chi connectivity index (χ3n) is 3.91. The minimum Gasteiger partial charge on any atom is -0.444 e. The van der Waals surface area contributed by atoms with Gasteiger partial charge in [-0.3, -0.25) is 5.10 Å². The Morgan fingerprint density at radius 1 is 1.44 bits per heavy atom. The van der Waals surface area contributed by atoms with Gasteiger partial charge in [0.05, 0.1) is 17.8 Å². The summed E-state index contributed by atoms with van der Waals surface area (Å²) in [5.74, 6) is -0.585. The summed E-state index contributed by atoms with van der Waals surface area (Å²) in [6, 6.07) is 4.71. The molecule has 7 heteroatoms. The molecule has 0 spiro atoms. The van der Waals surface area contributed by atoms with E-state index in [1.54, 1.807) is 11.0 Å². The van der Waals surface area contributed by atoms with Gasteiger partial charge in [-0.15, -0.1) is 0 Å². The zero-order valence-corrected chi connectivity index (χ0v) is 14.4. The first-order chi connectivity index (χ1) is 11.8. The van der Waals surface area contributed by atoms with Crippen LogP contribution in [0.1, 0.15) is 38.4 Å². The van der Waals surface area contributed by atoms with Gasteiger partial charge >= 0.3 is 6.09 Å². The Hall–Kier alpha value is -2.88. The van der Waals surface area contributed by atoms with Crippen LogP contribution in [0.5, 0.6) is 0 Å². The lowest BCUT2D eigenvalue weighted by Gasteiger charge is -2.30. The molecule has 25 heavy (non-hydrogen) atoms. The molecule has 1 amide bonds. The Morgan fingerprint density at radius 2 is 2.20 bits per heavy atom. The predicted molar refractivity (Wildman–Crippen MR) is 91.2 cm³/mol. The van der Waals surface area contributed by atoms with Gasteiger partial charge in [-0.2, -0.15) is 10.4 Å². The maximum atomic E-state index is 13.7. The smallest absolute Gasteiger partial charge is 0.410 e. The fourth-order valence-electron chi connectivity index (χ4n) is 2.81. The van der Waals surface area contributed by atoms with Crippen LogP contribution in [-0.2, 0) is 4.74 Å². The largest absolute Gasteiger partial charge is 0.444 e. The Morgan fingerprint density at radius 3 is 2.88 bits per heavy atom. The molecule has 1 N–H and O–H groups in total. The van der Waals surface area contributed by atoms with E-state index < -0.39 is 11.4 Å². The van der Waals surface area contributed by atoms with Gasteiger partial charge in [0.2, 0.25) is 0 Å². The number of halogens is 1. The van der Waals surface area contributed by atoms with Crippen LogP contribution in [0.4, 0.5) is 9.18 Å². The van der Waals surface area contributed by atoms with E-state index in [9.17, 15) is 9.18 Å². The van der Waals surface area contributed by atoms with Crippen molar-refractivity contribution in [2.75, 3.05) is 13.1 Å². The van der Waals surface area contributed by atoms with Crippen molar-refractivity contribution in [1.82, 2.24) is 15.1 Å². The number of nitrogens with zero attached hydrogens (tertiary/aromatic N) is 3. The van der Waals surface area contributed by atoms with E-state index in [0.717, 1.165) is 5.57 Å². The van der Waals surface area contributed by atoms with Crippen molar-refractivity contribution in [3.63, 3.8) is 0 Å². The molecule has 2 heterocycles. The number of hydrogen-bond acceptors (Lipinski definition) is 4. The number of carbonyl (C=O) groups excluding carboxylic acids is 1. The van der Waals surface area contributed by atoms with Crippen LogP contribution in [0.2, 0.25) is 0 Å². The third kappa shape index (κ3) is 3.33. The van der Waals surface area contributed by atoms with Gasteiger partial charge in [0.25, 0.3) is 0 Å². The van der Waals surface area contributed by atoms with Gasteiger partial charge in [0, 0.05) is 11.9 Å². The van der Waals surface area contributed by atoms with Gasteiger partial charge < -0.3 is 9.64 Å². The number of nitrogens with one attached hydrogen (secondary N) is 1. The lowest BCUT2D eigenvalue weighted by atomic mass is 10.0. The summed E-state index contributed by atoms with van der Waals surface area (Å²) in [6.45, 7) is 6.40. The summed E-state index contributed by atoms with van der Waals surface area (Å²) in [4.78, 5) is 13.9. The Labute approximate surface area is 144 Å².